The van der Waals surface area contributed by atoms with E-state index in [0.717, 1.165) is 64.9 Å². The van der Waals surface area contributed by atoms with Crippen molar-refractivity contribution >= 4 is 40.5 Å². The number of rotatable bonds is 5. The van der Waals surface area contributed by atoms with Crippen molar-refractivity contribution in [2.24, 2.45) is 0 Å². The molecule has 0 aliphatic carbocycles. The lowest BCUT2D eigenvalue weighted by atomic mass is 9.92. The van der Waals surface area contributed by atoms with Gasteiger partial charge in [0.15, 0.2) is 6.29 Å². The third-order valence-corrected chi connectivity index (χ3v) is 7.16. The van der Waals surface area contributed by atoms with Crippen LogP contribution in [0.15, 0.2) is 36.4 Å². The molecule has 0 radical (unpaired) electrons. The zero-order valence-electron chi connectivity index (χ0n) is 18.2. The summed E-state index contributed by atoms with van der Waals surface area (Å²) < 4.78 is 5.48. The summed E-state index contributed by atoms with van der Waals surface area (Å²) in [7, 11) is 0. The van der Waals surface area contributed by atoms with Crippen LogP contribution >= 0.6 is 11.8 Å². The summed E-state index contributed by atoms with van der Waals surface area (Å²) in [4.78, 5) is 22.9. The number of fused-ring (bicyclic) bond motifs is 3. The number of hydroxylamine groups is 1. The van der Waals surface area contributed by atoms with Gasteiger partial charge >= 0.3 is 0 Å². The Bertz CT molecular complexity index is 1210. The molecule has 33 heavy (non-hydrogen) atoms. The number of anilines is 1. The Balaban J connectivity index is 1.45. The Labute approximate surface area is 196 Å². The second kappa shape index (κ2) is 9.51. The number of carbonyl (C=O) groups excluding carboxylic acids is 1. The first-order valence-corrected chi connectivity index (χ1v) is 12.3. The Kier molecular flexibility index (Phi) is 6.30. The molecule has 4 N–H and O–H groups in total. The largest absolute Gasteiger partial charge is 0.398 e. The maximum absolute atomic E-state index is 12.5. The highest BCUT2D eigenvalue weighted by molar-refractivity contribution is 7.98. The van der Waals surface area contributed by atoms with Crippen LogP contribution in [-0.4, -0.2) is 35.8 Å². The van der Waals surface area contributed by atoms with E-state index in [1.165, 1.54) is 17.3 Å². The highest BCUT2D eigenvalue weighted by Crippen LogP contribution is 2.38. The predicted octanol–water partition coefficient (Wildman–Crippen LogP) is 4.46. The minimum Gasteiger partial charge on any atom is -0.398 e. The lowest BCUT2D eigenvalue weighted by Gasteiger charge is -2.23. The average Bonchev–Trinajstić information content (AvgIpc) is 2.87. The zero-order chi connectivity index (χ0) is 22.8. The molecule has 3 aromatic rings. The van der Waals surface area contributed by atoms with Gasteiger partial charge in [0.2, 0.25) is 0 Å². The number of benzene rings is 2. The van der Waals surface area contributed by atoms with Gasteiger partial charge in [-0.2, -0.15) is 11.8 Å². The summed E-state index contributed by atoms with van der Waals surface area (Å²) in [5, 5.41) is 8.86. The number of thioether (sulfide) groups is 1. The SMILES string of the molecule is N=Cc1c(N)ccc2nc(-c3ccc(C(=O)NOC4CCCCO4)cc3)c3c(c12)CCSC3. The minimum atomic E-state index is -0.382. The number of nitrogen functional groups attached to an aromatic ring is 1. The van der Waals surface area contributed by atoms with E-state index in [-0.39, 0.29) is 12.2 Å². The van der Waals surface area contributed by atoms with E-state index in [1.54, 1.807) is 12.1 Å². The Morgan fingerprint density at radius 1 is 1.21 bits per heavy atom. The summed E-state index contributed by atoms with van der Waals surface area (Å²) in [6, 6.07) is 11.2. The summed E-state index contributed by atoms with van der Waals surface area (Å²) in [5.74, 6) is 1.59. The van der Waals surface area contributed by atoms with Crippen LogP contribution in [0.3, 0.4) is 0 Å². The second-order valence-corrected chi connectivity index (χ2v) is 9.35. The van der Waals surface area contributed by atoms with Crippen LogP contribution in [0.4, 0.5) is 5.69 Å². The van der Waals surface area contributed by atoms with Crippen molar-refractivity contribution in [3.8, 4) is 11.3 Å². The summed E-state index contributed by atoms with van der Waals surface area (Å²) in [6.45, 7) is 0.657. The van der Waals surface area contributed by atoms with Gasteiger partial charge in [-0.05, 0) is 60.4 Å². The Hall–Kier alpha value is -2.94. The Morgan fingerprint density at radius 3 is 2.82 bits per heavy atom. The maximum Gasteiger partial charge on any atom is 0.274 e. The highest BCUT2D eigenvalue weighted by atomic mass is 32.2. The molecule has 0 bridgehead atoms. The first-order valence-electron chi connectivity index (χ1n) is 11.2. The molecular formula is C25H26N4O3S. The first kappa shape index (κ1) is 21.9. The fraction of sp³-hybridized carbons (Fsp3) is 0.320. The van der Waals surface area contributed by atoms with Crippen LogP contribution in [0.1, 0.15) is 46.3 Å². The predicted molar refractivity (Wildman–Crippen MR) is 131 cm³/mol. The van der Waals surface area contributed by atoms with Gasteiger partial charge in [0.25, 0.3) is 5.91 Å². The summed E-state index contributed by atoms with van der Waals surface area (Å²) in [6.07, 6.45) is 4.70. The average molecular weight is 463 g/mol. The summed E-state index contributed by atoms with van der Waals surface area (Å²) in [5.41, 5.74) is 15.6. The van der Waals surface area contributed by atoms with Gasteiger partial charge in [0, 0.05) is 52.8 Å². The van der Waals surface area contributed by atoms with Gasteiger partial charge in [0.1, 0.15) is 0 Å². The fourth-order valence-corrected chi connectivity index (χ4v) is 5.46. The number of nitrogens with one attached hydrogen (secondary N) is 2. The molecule has 2 aromatic carbocycles. The van der Waals surface area contributed by atoms with Crippen molar-refractivity contribution in [3.05, 3.63) is 58.7 Å². The number of ether oxygens (including phenoxy) is 1. The van der Waals surface area contributed by atoms with Gasteiger partial charge < -0.3 is 15.9 Å². The van der Waals surface area contributed by atoms with Gasteiger partial charge in [-0.3, -0.25) is 4.79 Å². The molecule has 1 aromatic heterocycles. The van der Waals surface area contributed by atoms with Crippen molar-refractivity contribution in [3.63, 3.8) is 0 Å². The molecule has 5 rings (SSSR count). The van der Waals surface area contributed by atoms with Crippen molar-refractivity contribution in [2.45, 2.75) is 37.7 Å². The number of amides is 1. The standard InChI is InChI=1S/C25H26N4O3S/c26-13-18-20(27)8-9-21-23(18)17-10-12-33-14-19(17)24(28-21)15-4-6-16(7-5-15)25(30)29-32-22-3-1-2-11-31-22/h4-9,13,22,26H,1-3,10-12,14,27H2,(H,29,30). The lowest BCUT2D eigenvalue weighted by Crippen LogP contribution is -2.33. The van der Waals surface area contributed by atoms with Crippen LogP contribution in [0.2, 0.25) is 0 Å². The quantitative estimate of drug-likeness (QED) is 0.293. The van der Waals surface area contributed by atoms with Crippen molar-refractivity contribution < 1.29 is 14.4 Å². The number of pyridine rings is 1. The number of hydrogen-bond acceptors (Lipinski definition) is 7. The Morgan fingerprint density at radius 2 is 2.06 bits per heavy atom. The van der Waals surface area contributed by atoms with Crippen LogP contribution in [0.25, 0.3) is 22.2 Å². The molecule has 3 heterocycles. The molecule has 7 nitrogen and oxygen atoms in total. The smallest absolute Gasteiger partial charge is 0.274 e. The third-order valence-electron chi connectivity index (χ3n) is 6.17. The van der Waals surface area contributed by atoms with Crippen molar-refractivity contribution in [1.82, 2.24) is 10.5 Å². The van der Waals surface area contributed by atoms with Crippen molar-refractivity contribution in [2.75, 3.05) is 18.1 Å². The number of carbonyl (C=O) groups is 1. The van der Waals surface area contributed by atoms with Crippen LogP contribution in [-0.2, 0) is 21.7 Å². The lowest BCUT2D eigenvalue weighted by molar-refractivity contribution is -0.186. The minimum absolute atomic E-state index is 0.300. The van der Waals surface area contributed by atoms with E-state index in [0.29, 0.717) is 17.9 Å². The second-order valence-electron chi connectivity index (χ2n) is 8.25. The van der Waals surface area contributed by atoms with Crippen LogP contribution in [0, 0.1) is 5.41 Å². The number of aryl methyl sites for hydroxylation is 1. The zero-order valence-corrected chi connectivity index (χ0v) is 19.0. The molecule has 1 unspecified atom stereocenters. The number of nitrogens with zero attached hydrogens (tertiary/aromatic N) is 1. The normalized spacial score (nSPS) is 18.0. The molecule has 0 spiro atoms. The first-order chi connectivity index (χ1) is 16.2. The molecule has 2 aliphatic heterocycles. The molecule has 8 heteroatoms. The molecule has 1 saturated heterocycles. The molecule has 170 valence electrons. The summed E-state index contributed by atoms with van der Waals surface area (Å²) >= 11 is 1.88. The van der Waals surface area contributed by atoms with Crippen LogP contribution < -0.4 is 11.2 Å². The highest BCUT2D eigenvalue weighted by Gasteiger charge is 2.22. The molecular weight excluding hydrogens is 436 g/mol. The van der Waals surface area contributed by atoms with Crippen LogP contribution in [0.5, 0.6) is 0 Å². The van der Waals surface area contributed by atoms with E-state index >= 15 is 0 Å². The fourth-order valence-electron chi connectivity index (χ4n) is 4.45. The third kappa shape index (κ3) is 4.34. The van der Waals surface area contributed by atoms with Crippen molar-refractivity contribution in [1.29, 1.82) is 5.41 Å². The number of hydrogen-bond donors (Lipinski definition) is 3. The molecule has 0 saturated carbocycles. The molecule has 1 fully saturated rings. The van der Waals surface area contributed by atoms with Gasteiger partial charge in [-0.1, -0.05) is 12.1 Å². The van der Waals surface area contributed by atoms with E-state index in [9.17, 15) is 4.79 Å². The maximum atomic E-state index is 12.5. The number of aromatic nitrogens is 1. The van der Waals surface area contributed by atoms with E-state index in [4.69, 9.17) is 25.7 Å². The van der Waals surface area contributed by atoms with E-state index < -0.39 is 0 Å². The van der Waals surface area contributed by atoms with E-state index in [2.05, 4.69) is 5.48 Å². The van der Waals surface area contributed by atoms with Gasteiger partial charge in [0.05, 0.1) is 11.2 Å². The molecule has 1 amide bonds. The van der Waals surface area contributed by atoms with Gasteiger partial charge in [-0.15, -0.1) is 0 Å². The monoisotopic (exact) mass is 462 g/mol. The van der Waals surface area contributed by atoms with Gasteiger partial charge in [-0.25, -0.2) is 15.3 Å². The number of nitrogens with two attached hydrogens (primary N) is 1. The topological polar surface area (TPSA) is 110 Å². The molecule has 1 atom stereocenters. The molecule has 2 aliphatic rings. The van der Waals surface area contributed by atoms with E-state index in [1.807, 2.05) is 36.0 Å².